The first-order chi connectivity index (χ1) is 9.74. The molecule has 0 spiro atoms. The van der Waals surface area contributed by atoms with Crippen molar-refractivity contribution < 1.29 is 9.53 Å². The zero-order valence-electron chi connectivity index (χ0n) is 12.0. The van der Waals surface area contributed by atoms with Crippen LogP contribution in [-0.2, 0) is 11.3 Å². The van der Waals surface area contributed by atoms with Crippen molar-refractivity contribution in [3.8, 4) is 5.75 Å². The third-order valence-electron chi connectivity index (χ3n) is 3.79. The van der Waals surface area contributed by atoms with E-state index in [9.17, 15) is 4.79 Å². The number of halogens is 1. The molecule has 0 aliphatic heterocycles. The van der Waals surface area contributed by atoms with Gasteiger partial charge in [0, 0.05) is 12.6 Å². The topological polar surface area (TPSA) is 29.5 Å². The molecule has 3 nitrogen and oxygen atoms in total. The molecule has 1 saturated carbocycles. The standard InChI is InChI=1S/C16H22ClNO2/c1-2-20-15-9-7-13(8-10-15)12-18(16(19)11-17)14-5-3-4-6-14/h7-10,14H,2-6,11-12H2,1H3. The minimum atomic E-state index is 0.0347. The van der Waals surface area contributed by atoms with Crippen molar-refractivity contribution >= 4 is 17.5 Å². The molecular weight excluding hydrogens is 274 g/mol. The van der Waals surface area contributed by atoms with Crippen molar-refractivity contribution in [1.82, 2.24) is 4.90 Å². The van der Waals surface area contributed by atoms with Gasteiger partial charge in [-0.3, -0.25) is 4.79 Å². The summed E-state index contributed by atoms with van der Waals surface area (Å²) in [7, 11) is 0. The number of rotatable bonds is 6. The molecule has 0 bridgehead atoms. The van der Waals surface area contributed by atoms with Crippen LogP contribution in [0.15, 0.2) is 24.3 Å². The first-order valence-electron chi connectivity index (χ1n) is 7.31. The number of hydrogen-bond acceptors (Lipinski definition) is 2. The fourth-order valence-corrected chi connectivity index (χ4v) is 2.92. The molecule has 1 amide bonds. The molecule has 4 heteroatoms. The second-order valence-corrected chi connectivity index (χ2v) is 5.44. The lowest BCUT2D eigenvalue weighted by molar-refractivity contribution is -0.131. The predicted molar refractivity (Wildman–Crippen MR) is 81.1 cm³/mol. The Kier molecular flexibility index (Phi) is 5.72. The average molecular weight is 296 g/mol. The Hall–Kier alpha value is -1.22. The van der Waals surface area contributed by atoms with Gasteiger partial charge in [-0.25, -0.2) is 0 Å². The van der Waals surface area contributed by atoms with E-state index in [0.717, 1.165) is 24.2 Å². The Labute approximate surface area is 125 Å². The van der Waals surface area contributed by atoms with E-state index in [4.69, 9.17) is 16.3 Å². The van der Waals surface area contributed by atoms with Crippen molar-refractivity contribution in [3.05, 3.63) is 29.8 Å². The third kappa shape index (κ3) is 3.89. The Balaban J connectivity index is 2.04. The quantitative estimate of drug-likeness (QED) is 0.751. The van der Waals surface area contributed by atoms with Crippen LogP contribution >= 0.6 is 11.6 Å². The summed E-state index contributed by atoms with van der Waals surface area (Å²) >= 11 is 5.75. The molecule has 1 aromatic carbocycles. The SMILES string of the molecule is CCOc1ccc(CN(C(=O)CCl)C2CCCC2)cc1. The van der Waals surface area contributed by atoms with Crippen LogP contribution in [0.25, 0.3) is 0 Å². The molecule has 0 aromatic heterocycles. The summed E-state index contributed by atoms with van der Waals surface area (Å²) < 4.78 is 5.43. The minimum absolute atomic E-state index is 0.0347. The van der Waals surface area contributed by atoms with Gasteiger partial charge in [-0.05, 0) is 37.5 Å². The third-order valence-corrected chi connectivity index (χ3v) is 4.02. The maximum Gasteiger partial charge on any atom is 0.238 e. The van der Waals surface area contributed by atoms with Crippen LogP contribution in [0.3, 0.4) is 0 Å². The normalized spacial score (nSPS) is 15.3. The van der Waals surface area contributed by atoms with Crippen LogP contribution in [0.5, 0.6) is 5.75 Å². The number of carbonyl (C=O) groups excluding carboxylic acids is 1. The zero-order chi connectivity index (χ0) is 14.4. The monoisotopic (exact) mass is 295 g/mol. The molecule has 0 saturated heterocycles. The van der Waals surface area contributed by atoms with E-state index in [0.29, 0.717) is 19.2 Å². The van der Waals surface area contributed by atoms with E-state index >= 15 is 0 Å². The van der Waals surface area contributed by atoms with E-state index in [1.807, 2.05) is 36.1 Å². The summed E-state index contributed by atoms with van der Waals surface area (Å²) in [6.07, 6.45) is 4.61. The highest BCUT2D eigenvalue weighted by Crippen LogP contribution is 2.25. The lowest BCUT2D eigenvalue weighted by Crippen LogP contribution is -2.39. The van der Waals surface area contributed by atoms with Crippen molar-refractivity contribution in [2.24, 2.45) is 0 Å². The molecule has 2 rings (SSSR count). The first kappa shape index (κ1) is 15.2. The Morgan fingerprint density at radius 1 is 1.30 bits per heavy atom. The van der Waals surface area contributed by atoms with Crippen LogP contribution in [0.4, 0.5) is 0 Å². The van der Waals surface area contributed by atoms with Gasteiger partial charge in [0.2, 0.25) is 5.91 Å². The Bertz CT molecular complexity index is 427. The number of nitrogens with zero attached hydrogens (tertiary/aromatic N) is 1. The summed E-state index contributed by atoms with van der Waals surface area (Å²) in [6.45, 7) is 3.27. The fraction of sp³-hybridized carbons (Fsp3) is 0.562. The molecular formula is C16H22ClNO2. The largest absolute Gasteiger partial charge is 0.494 e. The second kappa shape index (κ2) is 7.53. The average Bonchev–Trinajstić information content (AvgIpc) is 3.00. The minimum Gasteiger partial charge on any atom is -0.494 e. The number of hydrogen-bond donors (Lipinski definition) is 0. The van der Waals surface area contributed by atoms with Gasteiger partial charge in [-0.15, -0.1) is 11.6 Å². The molecule has 1 aliphatic carbocycles. The van der Waals surface area contributed by atoms with Crippen LogP contribution in [0.2, 0.25) is 0 Å². The summed E-state index contributed by atoms with van der Waals surface area (Å²) in [5.41, 5.74) is 1.12. The lowest BCUT2D eigenvalue weighted by Gasteiger charge is -2.28. The van der Waals surface area contributed by atoms with E-state index in [1.54, 1.807) is 0 Å². The molecule has 0 unspecified atom stereocenters. The van der Waals surface area contributed by atoms with E-state index in [2.05, 4.69) is 0 Å². The maximum atomic E-state index is 12.0. The molecule has 110 valence electrons. The van der Waals surface area contributed by atoms with Crippen LogP contribution < -0.4 is 4.74 Å². The second-order valence-electron chi connectivity index (χ2n) is 5.17. The molecule has 0 N–H and O–H groups in total. The van der Waals surface area contributed by atoms with Gasteiger partial charge >= 0.3 is 0 Å². The van der Waals surface area contributed by atoms with Crippen LogP contribution in [-0.4, -0.2) is 29.3 Å². The number of alkyl halides is 1. The van der Waals surface area contributed by atoms with Gasteiger partial charge in [-0.1, -0.05) is 25.0 Å². The van der Waals surface area contributed by atoms with Gasteiger partial charge in [0.15, 0.2) is 0 Å². The Morgan fingerprint density at radius 3 is 2.50 bits per heavy atom. The van der Waals surface area contributed by atoms with Crippen LogP contribution in [0.1, 0.15) is 38.2 Å². The number of carbonyl (C=O) groups is 1. The summed E-state index contributed by atoms with van der Waals surface area (Å²) in [6, 6.07) is 8.31. The predicted octanol–water partition coefficient (Wildman–Crippen LogP) is 3.60. The highest BCUT2D eigenvalue weighted by molar-refractivity contribution is 6.27. The van der Waals surface area contributed by atoms with Gasteiger partial charge in [0.1, 0.15) is 11.6 Å². The number of benzene rings is 1. The molecule has 0 radical (unpaired) electrons. The smallest absolute Gasteiger partial charge is 0.238 e. The van der Waals surface area contributed by atoms with Gasteiger partial charge in [0.25, 0.3) is 0 Å². The molecule has 1 fully saturated rings. The zero-order valence-corrected chi connectivity index (χ0v) is 12.7. The van der Waals surface area contributed by atoms with E-state index in [1.165, 1.54) is 12.8 Å². The van der Waals surface area contributed by atoms with Crippen LogP contribution in [0, 0.1) is 0 Å². The lowest BCUT2D eigenvalue weighted by atomic mass is 10.1. The van der Waals surface area contributed by atoms with Crippen molar-refractivity contribution in [2.75, 3.05) is 12.5 Å². The first-order valence-corrected chi connectivity index (χ1v) is 7.85. The molecule has 1 aromatic rings. The number of ether oxygens (including phenoxy) is 1. The highest BCUT2D eigenvalue weighted by Gasteiger charge is 2.26. The summed E-state index contributed by atoms with van der Waals surface area (Å²) in [5, 5.41) is 0. The van der Waals surface area contributed by atoms with Crippen molar-refractivity contribution in [2.45, 2.75) is 45.2 Å². The maximum absolute atomic E-state index is 12.0. The number of amides is 1. The fourth-order valence-electron chi connectivity index (χ4n) is 2.77. The van der Waals surface area contributed by atoms with Gasteiger partial charge in [-0.2, -0.15) is 0 Å². The van der Waals surface area contributed by atoms with E-state index < -0.39 is 0 Å². The van der Waals surface area contributed by atoms with E-state index in [-0.39, 0.29) is 11.8 Å². The highest BCUT2D eigenvalue weighted by atomic mass is 35.5. The van der Waals surface area contributed by atoms with Gasteiger partial charge in [0.05, 0.1) is 6.61 Å². The summed E-state index contributed by atoms with van der Waals surface area (Å²) in [4.78, 5) is 14.0. The van der Waals surface area contributed by atoms with Crippen molar-refractivity contribution in [3.63, 3.8) is 0 Å². The summed E-state index contributed by atoms with van der Waals surface area (Å²) in [5.74, 6) is 0.966. The Morgan fingerprint density at radius 2 is 1.95 bits per heavy atom. The molecule has 1 aliphatic rings. The van der Waals surface area contributed by atoms with Crippen molar-refractivity contribution in [1.29, 1.82) is 0 Å². The molecule has 0 heterocycles. The molecule has 20 heavy (non-hydrogen) atoms. The van der Waals surface area contributed by atoms with Gasteiger partial charge < -0.3 is 9.64 Å². The molecule has 0 atom stereocenters.